The van der Waals surface area contributed by atoms with Crippen molar-refractivity contribution in [2.24, 2.45) is 5.73 Å². The van der Waals surface area contributed by atoms with Gasteiger partial charge in [-0.1, -0.05) is 29.3 Å². The van der Waals surface area contributed by atoms with Crippen molar-refractivity contribution in [3.63, 3.8) is 0 Å². The number of rotatable bonds is 2. The van der Waals surface area contributed by atoms with Crippen molar-refractivity contribution in [2.75, 3.05) is 0 Å². The summed E-state index contributed by atoms with van der Waals surface area (Å²) < 4.78 is 0. The number of halogens is 2. The first-order chi connectivity index (χ1) is 7.22. The number of hydrogen-bond acceptors (Lipinski definition) is 2. The summed E-state index contributed by atoms with van der Waals surface area (Å²) in [4.78, 5) is 1.05. The van der Waals surface area contributed by atoms with Crippen molar-refractivity contribution >= 4 is 34.5 Å². The van der Waals surface area contributed by atoms with Gasteiger partial charge in [-0.05, 0) is 34.7 Å². The third-order valence-electron chi connectivity index (χ3n) is 2.15. The van der Waals surface area contributed by atoms with Gasteiger partial charge in [-0.2, -0.15) is 0 Å². The quantitative estimate of drug-likeness (QED) is 0.859. The van der Waals surface area contributed by atoms with Crippen LogP contribution in [0.25, 0.3) is 10.4 Å². The van der Waals surface area contributed by atoms with E-state index in [0.717, 1.165) is 21.0 Å². The van der Waals surface area contributed by atoms with E-state index in [2.05, 4.69) is 0 Å². The molecule has 1 heterocycles. The molecule has 0 aliphatic carbocycles. The van der Waals surface area contributed by atoms with Crippen LogP contribution in [-0.4, -0.2) is 0 Å². The van der Waals surface area contributed by atoms with Gasteiger partial charge in [0.05, 0.1) is 9.90 Å². The largest absolute Gasteiger partial charge is 0.326 e. The van der Waals surface area contributed by atoms with E-state index < -0.39 is 0 Å². The Morgan fingerprint density at radius 1 is 1.20 bits per heavy atom. The zero-order valence-corrected chi connectivity index (χ0v) is 10.2. The molecular weight excluding hydrogens is 249 g/mol. The normalized spacial score (nSPS) is 10.6. The van der Waals surface area contributed by atoms with Crippen LogP contribution < -0.4 is 5.73 Å². The maximum absolute atomic E-state index is 6.08. The smallest absolute Gasteiger partial charge is 0.0592 e. The number of nitrogens with two attached hydrogens (primary N) is 1. The van der Waals surface area contributed by atoms with Crippen LogP contribution in [-0.2, 0) is 6.54 Å². The van der Waals surface area contributed by atoms with Crippen LogP contribution in [0, 0.1) is 0 Å². The van der Waals surface area contributed by atoms with Crippen LogP contribution in [0.5, 0.6) is 0 Å². The summed E-state index contributed by atoms with van der Waals surface area (Å²) in [5.74, 6) is 0. The van der Waals surface area contributed by atoms with E-state index in [1.807, 2.05) is 29.6 Å². The van der Waals surface area contributed by atoms with Gasteiger partial charge in [0.2, 0.25) is 0 Å². The van der Waals surface area contributed by atoms with Crippen LogP contribution in [0.3, 0.4) is 0 Å². The third-order valence-corrected chi connectivity index (χ3v) is 3.76. The Morgan fingerprint density at radius 3 is 2.60 bits per heavy atom. The van der Waals surface area contributed by atoms with Gasteiger partial charge in [0.25, 0.3) is 0 Å². The minimum Gasteiger partial charge on any atom is -0.326 e. The molecule has 1 aromatic carbocycles. The number of hydrogen-bond donors (Lipinski definition) is 1. The van der Waals surface area contributed by atoms with Crippen molar-refractivity contribution in [3.8, 4) is 10.4 Å². The average molecular weight is 258 g/mol. The van der Waals surface area contributed by atoms with Crippen LogP contribution in [0.15, 0.2) is 29.6 Å². The molecule has 0 amide bonds. The Balaban J connectivity index is 2.58. The predicted octanol–water partition coefficient (Wildman–Crippen LogP) is 4.18. The zero-order valence-electron chi connectivity index (χ0n) is 7.84. The summed E-state index contributed by atoms with van der Waals surface area (Å²) in [7, 11) is 0. The summed E-state index contributed by atoms with van der Waals surface area (Å²) in [6.45, 7) is 0.462. The second-order valence-corrected chi connectivity index (χ2v) is 4.86. The maximum Gasteiger partial charge on any atom is 0.0592 e. The molecule has 2 N–H and O–H groups in total. The van der Waals surface area contributed by atoms with Crippen LogP contribution >= 0.6 is 34.5 Å². The second-order valence-electron chi connectivity index (χ2n) is 3.10. The topological polar surface area (TPSA) is 26.0 Å². The minimum absolute atomic E-state index is 0.462. The van der Waals surface area contributed by atoms with Gasteiger partial charge in [-0.25, -0.2) is 0 Å². The molecule has 0 radical (unpaired) electrons. The number of benzene rings is 1. The minimum atomic E-state index is 0.462. The van der Waals surface area contributed by atoms with Gasteiger partial charge >= 0.3 is 0 Å². The summed E-state index contributed by atoms with van der Waals surface area (Å²) >= 11 is 13.6. The molecule has 1 nitrogen and oxygen atoms in total. The molecule has 0 spiro atoms. The highest BCUT2D eigenvalue weighted by Gasteiger charge is 2.09. The SMILES string of the molecule is NCc1cc(Cl)ccc1-c1sccc1Cl. The average Bonchev–Trinajstić information content (AvgIpc) is 2.64. The highest BCUT2D eigenvalue weighted by molar-refractivity contribution is 7.14. The Bertz CT molecular complexity index is 479. The molecule has 0 saturated heterocycles. The lowest BCUT2D eigenvalue weighted by Crippen LogP contribution is -1.98. The lowest BCUT2D eigenvalue weighted by molar-refractivity contribution is 1.08. The number of thiophene rings is 1. The first kappa shape index (κ1) is 11.0. The van der Waals surface area contributed by atoms with Gasteiger partial charge in [0, 0.05) is 11.6 Å². The first-order valence-corrected chi connectivity index (χ1v) is 6.08. The van der Waals surface area contributed by atoms with Gasteiger partial charge in [-0.15, -0.1) is 11.3 Å². The van der Waals surface area contributed by atoms with E-state index in [1.165, 1.54) is 0 Å². The molecule has 78 valence electrons. The van der Waals surface area contributed by atoms with Crippen molar-refractivity contribution in [2.45, 2.75) is 6.54 Å². The van der Waals surface area contributed by atoms with Gasteiger partial charge in [0.1, 0.15) is 0 Å². The van der Waals surface area contributed by atoms with Crippen LogP contribution in [0.2, 0.25) is 10.0 Å². The highest BCUT2D eigenvalue weighted by atomic mass is 35.5. The molecule has 0 aliphatic heterocycles. The fourth-order valence-corrected chi connectivity index (χ4v) is 2.85. The Kier molecular flexibility index (Phi) is 3.32. The summed E-state index contributed by atoms with van der Waals surface area (Å²) in [5.41, 5.74) is 7.77. The third kappa shape index (κ3) is 2.18. The van der Waals surface area contributed by atoms with E-state index >= 15 is 0 Å². The van der Waals surface area contributed by atoms with Crippen LogP contribution in [0.1, 0.15) is 5.56 Å². The molecule has 0 bridgehead atoms. The zero-order chi connectivity index (χ0) is 10.8. The molecule has 0 aliphatic rings. The fourth-order valence-electron chi connectivity index (χ4n) is 1.44. The lowest BCUT2D eigenvalue weighted by atomic mass is 10.1. The van der Waals surface area contributed by atoms with Gasteiger partial charge in [-0.3, -0.25) is 0 Å². The van der Waals surface area contributed by atoms with Crippen molar-refractivity contribution in [1.29, 1.82) is 0 Å². The highest BCUT2D eigenvalue weighted by Crippen LogP contribution is 2.36. The van der Waals surface area contributed by atoms with E-state index in [0.29, 0.717) is 11.6 Å². The molecule has 0 saturated carbocycles. The molecule has 2 aromatic rings. The Hall–Kier alpha value is -0.540. The Labute approximate surface area is 102 Å². The van der Waals surface area contributed by atoms with Crippen molar-refractivity contribution in [3.05, 3.63) is 45.3 Å². The summed E-state index contributed by atoms with van der Waals surface area (Å²) in [6.07, 6.45) is 0. The van der Waals surface area contributed by atoms with Gasteiger partial charge in [0.15, 0.2) is 0 Å². The first-order valence-electron chi connectivity index (χ1n) is 4.44. The molecule has 4 heteroatoms. The Morgan fingerprint density at radius 2 is 2.00 bits per heavy atom. The summed E-state index contributed by atoms with van der Waals surface area (Å²) in [5, 5.41) is 3.43. The van der Waals surface area contributed by atoms with Crippen LogP contribution in [0.4, 0.5) is 0 Å². The molecular formula is C11H9Cl2NS. The molecule has 15 heavy (non-hydrogen) atoms. The van der Waals surface area contributed by atoms with Crippen molar-refractivity contribution < 1.29 is 0 Å². The molecule has 0 atom stereocenters. The molecule has 0 unspecified atom stereocenters. The van der Waals surface area contributed by atoms with Gasteiger partial charge < -0.3 is 5.73 Å². The van der Waals surface area contributed by atoms with E-state index in [1.54, 1.807) is 11.3 Å². The molecule has 0 fully saturated rings. The fraction of sp³-hybridized carbons (Fsp3) is 0.0909. The molecule has 1 aromatic heterocycles. The van der Waals surface area contributed by atoms with E-state index in [9.17, 15) is 0 Å². The lowest BCUT2D eigenvalue weighted by Gasteiger charge is -2.06. The van der Waals surface area contributed by atoms with E-state index in [4.69, 9.17) is 28.9 Å². The standard InChI is InChI=1S/C11H9Cl2NS/c12-8-1-2-9(7(5-8)6-14)11-10(13)3-4-15-11/h1-5H,6,14H2. The molecule has 2 rings (SSSR count). The monoisotopic (exact) mass is 257 g/mol. The van der Waals surface area contributed by atoms with Crippen molar-refractivity contribution in [1.82, 2.24) is 0 Å². The van der Waals surface area contributed by atoms with E-state index in [-0.39, 0.29) is 0 Å². The predicted molar refractivity (Wildman–Crippen MR) is 67.7 cm³/mol. The maximum atomic E-state index is 6.08. The second kappa shape index (κ2) is 4.54. The summed E-state index contributed by atoms with van der Waals surface area (Å²) in [6, 6.07) is 7.58.